The molecule has 0 radical (unpaired) electrons. The molecule has 7 heteroatoms. The van der Waals surface area contributed by atoms with Gasteiger partial charge in [0.1, 0.15) is 5.69 Å². The number of nitrogens with one attached hydrogen (secondary N) is 1. The minimum atomic E-state index is -0.518. The number of hydrogen-bond acceptors (Lipinski definition) is 4. The minimum Gasteiger partial charge on any atom is -0.465 e. The number of hydrogen-bond donors (Lipinski definition) is 1. The number of rotatable bonds is 3. The Labute approximate surface area is 130 Å². The van der Waals surface area contributed by atoms with Crippen LogP contribution in [0.2, 0.25) is 10.0 Å². The normalized spacial score (nSPS) is 10.0. The van der Waals surface area contributed by atoms with Crippen molar-refractivity contribution < 1.29 is 14.3 Å². The lowest BCUT2D eigenvalue weighted by molar-refractivity contribution is 0.0600. The summed E-state index contributed by atoms with van der Waals surface area (Å²) in [7, 11) is 1.27. The predicted molar refractivity (Wildman–Crippen MR) is 80.0 cm³/mol. The van der Waals surface area contributed by atoms with Crippen LogP contribution < -0.4 is 5.32 Å². The van der Waals surface area contributed by atoms with Crippen molar-refractivity contribution in [1.29, 1.82) is 0 Å². The fourth-order valence-electron chi connectivity index (χ4n) is 1.59. The monoisotopic (exact) mass is 324 g/mol. The van der Waals surface area contributed by atoms with Gasteiger partial charge in [0.05, 0.1) is 12.7 Å². The highest BCUT2D eigenvalue weighted by atomic mass is 35.5. The number of carbonyl (C=O) groups is 2. The fourth-order valence-corrected chi connectivity index (χ4v) is 2.11. The Balaban J connectivity index is 2.15. The van der Waals surface area contributed by atoms with Crippen molar-refractivity contribution in [3.63, 3.8) is 0 Å². The lowest BCUT2D eigenvalue weighted by Gasteiger charge is -2.06. The lowest BCUT2D eigenvalue weighted by Crippen LogP contribution is -2.14. The van der Waals surface area contributed by atoms with Gasteiger partial charge in [0.15, 0.2) is 0 Å². The van der Waals surface area contributed by atoms with Crippen molar-refractivity contribution in [2.75, 3.05) is 12.4 Å². The zero-order chi connectivity index (χ0) is 15.4. The summed E-state index contributed by atoms with van der Waals surface area (Å²) in [5, 5.41) is 3.43. The zero-order valence-corrected chi connectivity index (χ0v) is 12.4. The number of pyridine rings is 1. The molecule has 1 aromatic heterocycles. The van der Waals surface area contributed by atoms with Crippen molar-refractivity contribution in [2.45, 2.75) is 0 Å². The Morgan fingerprint density at radius 1 is 1.14 bits per heavy atom. The second-order valence-electron chi connectivity index (χ2n) is 4.04. The molecule has 0 unspecified atom stereocenters. The molecule has 21 heavy (non-hydrogen) atoms. The van der Waals surface area contributed by atoms with Crippen LogP contribution in [0, 0.1) is 0 Å². The summed E-state index contributed by atoms with van der Waals surface area (Å²) in [5.41, 5.74) is 0.870. The fraction of sp³-hybridized carbons (Fsp3) is 0.0714. The third kappa shape index (κ3) is 3.93. The molecule has 0 aliphatic rings. The average molecular weight is 325 g/mol. The van der Waals surface area contributed by atoms with Crippen molar-refractivity contribution in [1.82, 2.24) is 4.98 Å². The molecule has 0 saturated heterocycles. The number of methoxy groups -OCH3 is 1. The molecule has 0 bridgehead atoms. The van der Waals surface area contributed by atoms with Gasteiger partial charge >= 0.3 is 5.97 Å². The molecule has 1 amide bonds. The first-order chi connectivity index (χ1) is 9.99. The molecule has 0 spiro atoms. The number of nitrogens with zero attached hydrogens (tertiary/aromatic N) is 1. The largest absolute Gasteiger partial charge is 0.465 e. The van der Waals surface area contributed by atoms with Crippen LogP contribution in [0.3, 0.4) is 0 Å². The van der Waals surface area contributed by atoms with Gasteiger partial charge in [-0.15, -0.1) is 0 Å². The first kappa shape index (κ1) is 15.3. The number of anilines is 1. The van der Waals surface area contributed by atoms with Crippen LogP contribution in [0.5, 0.6) is 0 Å². The lowest BCUT2D eigenvalue weighted by atomic mass is 10.2. The molecule has 5 nitrogen and oxygen atoms in total. The molecule has 1 N–H and O–H groups in total. The predicted octanol–water partition coefficient (Wildman–Crippen LogP) is 3.43. The summed E-state index contributed by atoms with van der Waals surface area (Å²) < 4.78 is 4.55. The second kappa shape index (κ2) is 6.56. The highest BCUT2D eigenvalue weighted by Gasteiger charge is 2.11. The summed E-state index contributed by atoms with van der Waals surface area (Å²) in [6.07, 6.45) is 1.27. The summed E-state index contributed by atoms with van der Waals surface area (Å²) in [5.74, 6) is -0.958. The SMILES string of the molecule is COC(=O)c1ccc(C(=O)Nc2cc(Cl)cc(Cl)c2)nc1. The van der Waals surface area contributed by atoms with Crippen LogP contribution in [0.25, 0.3) is 0 Å². The molecule has 0 aliphatic carbocycles. The molecule has 1 heterocycles. The Kier molecular flexibility index (Phi) is 4.77. The maximum absolute atomic E-state index is 12.0. The van der Waals surface area contributed by atoms with Crippen molar-refractivity contribution in [3.05, 3.63) is 57.8 Å². The van der Waals surface area contributed by atoms with Gasteiger partial charge in [0.2, 0.25) is 0 Å². The number of benzene rings is 1. The van der Waals surface area contributed by atoms with E-state index in [-0.39, 0.29) is 11.3 Å². The quantitative estimate of drug-likeness (QED) is 0.878. The van der Waals surface area contributed by atoms with E-state index in [4.69, 9.17) is 23.2 Å². The van der Waals surface area contributed by atoms with Crippen molar-refractivity contribution in [3.8, 4) is 0 Å². The Morgan fingerprint density at radius 2 is 1.81 bits per heavy atom. The van der Waals surface area contributed by atoms with E-state index in [1.165, 1.54) is 25.4 Å². The van der Waals surface area contributed by atoms with Gasteiger partial charge in [-0.2, -0.15) is 0 Å². The van der Waals surface area contributed by atoms with E-state index in [0.717, 1.165) is 0 Å². The van der Waals surface area contributed by atoms with E-state index < -0.39 is 11.9 Å². The van der Waals surface area contributed by atoms with Gasteiger partial charge in [-0.1, -0.05) is 23.2 Å². The van der Waals surface area contributed by atoms with E-state index >= 15 is 0 Å². The number of halogens is 2. The molecule has 2 aromatic rings. The maximum atomic E-state index is 12.0. The van der Waals surface area contributed by atoms with Crippen LogP contribution in [-0.4, -0.2) is 24.0 Å². The number of amides is 1. The second-order valence-corrected chi connectivity index (χ2v) is 4.91. The highest BCUT2D eigenvalue weighted by molar-refractivity contribution is 6.35. The maximum Gasteiger partial charge on any atom is 0.339 e. The van der Waals surface area contributed by atoms with Crippen molar-refractivity contribution >= 4 is 40.8 Å². The van der Waals surface area contributed by atoms with Gasteiger partial charge < -0.3 is 10.1 Å². The van der Waals surface area contributed by atoms with Gasteiger partial charge in [-0.05, 0) is 30.3 Å². The number of esters is 1. The molecule has 1 aromatic carbocycles. The molecular weight excluding hydrogens is 315 g/mol. The van der Waals surface area contributed by atoms with Crippen LogP contribution in [-0.2, 0) is 4.74 Å². The number of aromatic nitrogens is 1. The summed E-state index contributed by atoms with van der Waals surface area (Å²) >= 11 is 11.7. The molecule has 108 valence electrons. The topological polar surface area (TPSA) is 68.3 Å². The minimum absolute atomic E-state index is 0.152. The summed E-state index contributed by atoms with van der Waals surface area (Å²) in [6, 6.07) is 7.57. The summed E-state index contributed by atoms with van der Waals surface area (Å²) in [4.78, 5) is 27.2. The molecular formula is C14H10Cl2N2O3. The van der Waals surface area contributed by atoms with Gasteiger partial charge in [0.25, 0.3) is 5.91 Å². The van der Waals surface area contributed by atoms with Crippen molar-refractivity contribution in [2.24, 2.45) is 0 Å². The number of ether oxygens (including phenoxy) is 1. The molecule has 2 rings (SSSR count). The van der Waals surface area contributed by atoms with Gasteiger partial charge in [0, 0.05) is 21.9 Å². The van der Waals surface area contributed by atoms with Gasteiger partial charge in [-0.3, -0.25) is 9.78 Å². The van der Waals surface area contributed by atoms with Gasteiger partial charge in [-0.25, -0.2) is 4.79 Å². The first-order valence-corrected chi connectivity index (χ1v) is 6.57. The van der Waals surface area contributed by atoms with Crippen LogP contribution in [0.15, 0.2) is 36.5 Å². The van der Waals surface area contributed by atoms with E-state index in [0.29, 0.717) is 15.7 Å². The van der Waals surface area contributed by atoms with E-state index in [9.17, 15) is 9.59 Å². The van der Waals surface area contributed by atoms with Crippen LogP contribution >= 0.6 is 23.2 Å². The average Bonchev–Trinajstić information content (AvgIpc) is 2.45. The third-order valence-electron chi connectivity index (χ3n) is 2.54. The molecule has 0 atom stereocenters. The molecule has 0 saturated carbocycles. The van der Waals surface area contributed by atoms with Crippen LogP contribution in [0.1, 0.15) is 20.8 Å². The van der Waals surface area contributed by atoms with E-state index in [1.807, 2.05) is 0 Å². The van der Waals surface area contributed by atoms with E-state index in [2.05, 4.69) is 15.0 Å². The Morgan fingerprint density at radius 3 is 2.33 bits per heavy atom. The third-order valence-corrected chi connectivity index (χ3v) is 2.97. The summed E-state index contributed by atoms with van der Waals surface area (Å²) in [6.45, 7) is 0. The molecule has 0 fully saturated rings. The highest BCUT2D eigenvalue weighted by Crippen LogP contribution is 2.22. The zero-order valence-electron chi connectivity index (χ0n) is 10.9. The first-order valence-electron chi connectivity index (χ1n) is 5.81. The number of carbonyl (C=O) groups excluding carboxylic acids is 2. The Bertz CT molecular complexity index is 667. The van der Waals surface area contributed by atoms with E-state index in [1.54, 1.807) is 18.2 Å². The molecule has 0 aliphatic heterocycles. The van der Waals surface area contributed by atoms with Crippen LogP contribution in [0.4, 0.5) is 5.69 Å². The standard InChI is InChI=1S/C14H10Cl2N2O3/c1-21-14(20)8-2-3-12(17-7-8)13(19)18-11-5-9(15)4-10(16)6-11/h2-7H,1H3,(H,18,19). The Hall–Kier alpha value is -2.11. The smallest absolute Gasteiger partial charge is 0.339 e.